The highest BCUT2D eigenvalue weighted by atomic mass is 35.5. The molecule has 0 heterocycles. The number of halogens is 1. The van der Waals surface area contributed by atoms with Crippen LogP contribution >= 0.6 is 11.6 Å². The largest absolute Gasteiger partial charge is 0.399 e. The van der Waals surface area contributed by atoms with Crippen LogP contribution in [0.2, 0.25) is 5.02 Å². The number of benzene rings is 1. The van der Waals surface area contributed by atoms with Gasteiger partial charge in [0, 0.05) is 18.8 Å². The molecule has 6 heteroatoms. The van der Waals surface area contributed by atoms with Gasteiger partial charge in [-0.15, -0.1) is 0 Å². The molecule has 0 saturated heterocycles. The summed E-state index contributed by atoms with van der Waals surface area (Å²) in [5.74, 6) is 0.308. The van der Waals surface area contributed by atoms with Gasteiger partial charge in [0.1, 0.15) is 4.90 Å². The number of nitrogens with zero attached hydrogens (tertiary/aromatic N) is 1. The van der Waals surface area contributed by atoms with E-state index < -0.39 is 10.0 Å². The van der Waals surface area contributed by atoms with Crippen molar-refractivity contribution in [1.82, 2.24) is 4.31 Å². The predicted molar refractivity (Wildman–Crippen MR) is 79.8 cm³/mol. The smallest absolute Gasteiger partial charge is 0.244 e. The third-order valence-corrected chi connectivity index (χ3v) is 5.56. The van der Waals surface area contributed by atoms with E-state index in [0.29, 0.717) is 24.7 Å². The Morgan fingerprint density at radius 3 is 2.47 bits per heavy atom. The van der Waals surface area contributed by atoms with Crippen LogP contribution in [-0.2, 0) is 10.0 Å². The maximum atomic E-state index is 12.5. The average molecular weight is 305 g/mol. The molecule has 1 unspecified atom stereocenters. The van der Waals surface area contributed by atoms with Gasteiger partial charge in [-0.2, -0.15) is 4.31 Å². The number of hydrogen-bond acceptors (Lipinski definition) is 3. The van der Waals surface area contributed by atoms with Gasteiger partial charge >= 0.3 is 0 Å². The molecule has 0 aliphatic heterocycles. The Balaban J connectivity index is 3.13. The summed E-state index contributed by atoms with van der Waals surface area (Å²) in [6, 6.07) is 4.48. The van der Waals surface area contributed by atoms with Crippen LogP contribution in [0.15, 0.2) is 23.1 Å². The molecule has 0 aliphatic rings. The summed E-state index contributed by atoms with van der Waals surface area (Å²) in [4.78, 5) is 0.119. The summed E-state index contributed by atoms with van der Waals surface area (Å²) < 4.78 is 26.6. The topological polar surface area (TPSA) is 63.4 Å². The number of hydrogen-bond donors (Lipinski definition) is 1. The van der Waals surface area contributed by atoms with Gasteiger partial charge in [-0.3, -0.25) is 0 Å². The fourth-order valence-corrected chi connectivity index (χ4v) is 3.83. The summed E-state index contributed by atoms with van der Waals surface area (Å²) >= 11 is 6.00. The number of rotatable bonds is 6. The quantitative estimate of drug-likeness (QED) is 0.822. The Kier molecular flexibility index (Phi) is 5.64. The first-order valence-corrected chi connectivity index (χ1v) is 8.19. The molecule has 1 atom stereocenters. The van der Waals surface area contributed by atoms with Crippen molar-refractivity contribution in [3.05, 3.63) is 23.2 Å². The zero-order valence-electron chi connectivity index (χ0n) is 11.6. The number of anilines is 1. The predicted octanol–water partition coefficient (Wildman–Crippen LogP) is 2.98. The molecule has 0 aromatic heterocycles. The maximum absolute atomic E-state index is 12.5. The molecular weight excluding hydrogens is 284 g/mol. The van der Waals surface area contributed by atoms with E-state index >= 15 is 0 Å². The second-order valence-electron chi connectivity index (χ2n) is 4.66. The molecule has 1 aromatic rings. The molecule has 1 rings (SSSR count). The van der Waals surface area contributed by atoms with Gasteiger partial charge in [0.15, 0.2) is 0 Å². The average Bonchev–Trinajstić information content (AvgIpc) is 2.34. The maximum Gasteiger partial charge on any atom is 0.244 e. The molecule has 0 spiro atoms. The van der Waals surface area contributed by atoms with Crippen LogP contribution in [0.4, 0.5) is 5.69 Å². The van der Waals surface area contributed by atoms with E-state index in [-0.39, 0.29) is 9.92 Å². The van der Waals surface area contributed by atoms with E-state index in [9.17, 15) is 8.42 Å². The monoisotopic (exact) mass is 304 g/mol. The van der Waals surface area contributed by atoms with Crippen molar-refractivity contribution in [2.45, 2.75) is 32.1 Å². The van der Waals surface area contributed by atoms with E-state index in [2.05, 4.69) is 0 Å². The van der Waals surface area contributed by atoms with E-state index in [1.165, 1.54) is 16.4 Å². The molecule has 4 nitrogen and oxygen atoms in total. The lowest BCUT2D eigenvalue weighted by Crippen LogP contribution is -2.34. The normalized spacial score (nSPS) is 13.7. The minimum Gasteiger partial charge on any atom is -0.399 e. The van der Waals surface area contributed by atoms with Gasteiger partial charge in [0.05, 0.1) is 5.02 Å². The third-order valence-electron chi connectivity index (χ3n) is 3.14. The minimum absolute atomic E-state index is 0.119. The highest BCUT2D eigenvalue weighted by Gasteiger charge is 2.26. The van der Waals surface area contributed by atoms with Crippen molar-refractivity contribution in [2.75, 3.05) is 18.8 Å². The fourth-order valence-electron chi connectivity index (χ4n) is 1.74. The number of nitrogens with two attached hydrogens (primary N) is 1. The number of nitrogen functional groups attached to an aromatic ring is 1. The molecular formula is C13H21ClN2O2S. The number of sulfonamides is 1. The first-order chi connectivity index (χ1) is 8.82. The first kappa shape index (κ1) is 16.3. The van der Waals surface area contributed by atoms with Crippen molar-refractivity contribution in [3.8, 4) is 0 Å². The van der Waals surface area contributed by atoms with Crippen LogP contribution in [-0.4, -0.2) is 25.8 Å². The molecule has 0 aliphatic carbocycles. The van der Waals surface area contributed by atoms with Gasteiger partial charge in [-0.1, -0.05) is 38.8 Å². The fraction of sp³-hybridized carbons (Fsp3) is 0.538. The second kappa shape index (κ2) is 6.59. The molecule has 1 aromatic carbocycles. The molecule has 0 radical (unpaired) electrons. The summed E-state index contributed by atoms with van der Waals surface area (Å²) in [5, 5.41) is 0.169. The first-order valence-electron chi connectivity index (χ1n) is 6.38. The molecule has 0 saturated carbocycles. The van der Waals surface area contributed by atoms with Crippen LogP contribution in [0.25, 0.3) is 0 Å². The summed E-state index contributed by atoms with van der Waals surface area (Å²) in [6.07, 6.45) is 0.932. The summed E-state index contributed by atoms with van der Waals surface area (Å²) in [6.45, 7) is 6.82. The lowest BCUT2D eigenvalue weighted by atomic mass is 10.1. The minimum atomic E-state index is -3.56. The van der Waals surface area contributed by atoms with Gasteiger partial charge in [0.2, 0.25) is 10.0 Å². The summed E-state index contributed by atoms with van der Waals surface area (Å²) in [7, 11) is -3.56. The van der Waals surface area contributed by atoms with Crippen molar-refractivity contribution < 1.29 is 8.42 Å². The van der Waals surface area contributed by atoms with E-state index in [0.717, 1.165) is 6.42 Å². The van der Waals surface area contributed by atoms with Crippen LogP contribution in [0.1, 0.15) is 27.2 Å². The SMILES string of the molecule is CCC(C)CN(CC)S(=O)(=O)c1ccc(N)cc1Cl. The highest BCUT2D eigenvalue weighted by molar-refractivity contribution is 7.89. The zero-order chi connectivity index (χ0) is 14.6. The van der Waals surface area contributed by atoms with Crippen molar-refractivity contribution in [2.24, 2.45) is 5.92 Å². The molecule has 2 N–H and O–H groups in total. The van der Waals surface area contributed by atoms with E-state index in [1.807, 2.05) is 20.8 Å². The Hall–Kier alpha value is -0.780. The lowest BCUT2D eigenvalue weighted by molar-refractivity contribution is 0.361. The van der Waals surface area contributed by atoms with Crippen LogP contribution < -0.4 is 5.73 Å². The Morgan fingerprint density at radius 2 is 2.00 bits per heavy atom. The van der Waals surface area contributed by atoms with E-state index in [1.54, 1.807) is 6.07 Å². The third kappa shape index (κ3) is 3.84. The molecule has 108 valence electrons. The van der Waals surface area contributed by atoms with Crippen LogP contribution in [0.5, 0.6) is 0 Å². The Bertz CT molecular complexity index is 531. The summed E-state index contributed by atoms with van der Waals surface area (Å²) in [5.41, 5.74) is 6.04. The lowest BCUT2D eigenvalue weighted by Gasteiger charge is -2.24. The zero-order valence-corrected chi connectivity index (χ0v) is 13.1. The molecule has 19 heavy (non-hydrogen) atoms. The standard InChI is InChI=1S/C13H21ClN2O2S/c1-4-10(3)9-16(5-2)19(17,18)13-7-6-11(15)8-12(13)14/h6-8,10H,4-5,9,15H2,1-3H3. The molecule has 0 fully saturated rings. The van der Waals surface area contributed by atoms with Gasteiger partial charge in [0.25, 0.3) is 0 Å². The van der Waals surface area contributed by atoms with Crippen molar-refractivity contribution >= 4 is 27.3 Å². The second-order valence-corrected chi connectivity index (χ2v) is 6.97. The molecule has 0 bridgehead atoms. The molecule has 0 amide bonds. The van der Waals surface area contributed by atoms with Crippen LogP contribution in [0, 0.1) is 5.92 Å². The van der Waals surface area contributed by atoms with Crippen molar-refractivity contribution in [3.63, 3.8) is 0 Å². The Labute approximate surface area is 120 Å². The van der Waals surface area contributed by atoms with Gasteiger partial charge < -0.3 is 5.73 Å². The van der Waals surface area contributed by atoms with Crippen LogP contribution in [0.3, 0.4) is 0 Å². The highest BCUT2D eigenvalue weighted by Crippen LogP contribution is 2.27. The van der Waals surface area contributed by atoms with Crippen molar-refractivity contribution in [1.29, 1.82) is 0 Å². The van der Waals surface area contributed by atoms with E-state index in [4.69, 9.17) is 17.3 Å². The van der Waals surface area contributed by atoms with Gasteiger partial charge in [-0.25, -0.2) is 8.42 Å². The van der Waals surface area contributed by atoms with Gasteiger partial charge in [-0.05, 0) is 24.1 Å². The Morgan fingerprint density at radius 1 is 1.37 bits per heavy atom.